The lowest BCUT2D eigenvalue weighted by Gasteiger charge is -2.10. The SMILES string of the molecule is C[C@H](Sc1ncc(C#N)c(N)n1)C(=O)NCc1cccs1. The molecule has 2 heterocycles. The van der Waals surface area contributed by atoms with Crippen LogP contribution in [-0.4, -0.2) is 21.1 Å². The van der Waals surface area contributed by atoms with Crippen LogP contribution >= 0.6 is 23.1 Å². The molecule has 3 N–H and O–H groups in total. The highest BCUT2D eigenvalue weighted by Crippen LogP contribution is 2.21. The molecule has 0 aliphatic carbocycles. The first kappa shape index (κ1) is 15.3. The number of hydrogen-bond donors (Lipinski definition) is 2. The van der Waals surface area contributed by atoms with E-state index in [2.05, 4.69) is 15.3 Å². The van der Waals surface area contributed by atoms with Crippen molar-refractivity contribution in [1.82, 2.24) is 15.3 Å². The molecule has 0 aliphatic rings. The fourth-order valence-corrected chi connectivity index (χ4v) is 2.88. The standard InChI is InChI=1S/C13H13N5OS2/c1-8(12(19)16-7-10-3-2-4-20-10)21-13-17-6-9(5-14)11(15)18-13/h2-4,6,8H,7H2,1H3,(H,16,19)(H2,15,17,18)/t8-/m0/s1. The molecule has 108 valence electrons. The quantitative estimate of drug-likeness (QED) is 0.643. The first-order valence-electron chi connectivity index (χ1n) is 6.09. The molecular weight excluding hydrogens is 306 g/mol. The van der Waals surface area contributed by atoms with Gasteiger partial charge in [-0.3, -0.25) is 4.79 Å². The van der Waals surface area contributed by atoms with Gasteiger partial charge in [0.1, 0.15) is 17.5 Å². The fraction of sp³-hybridized carbons (Fsp3) is 0.231. The zero-order valence-corrected chi connectivity index (χ0v) is 12.9. The Balaban J connectivity index is 1.91. The third kappa shape index (κ3) is 4.18. The second-order valence-corrected chi connectivity index (χ2v) is 6.46. The number of thioether (sulfide) groups is 1. The molecule has 8 heteroatoms. The van der Waals surface area contributed by atoms with Crippen molar-refractivity contribution >= 4 is 34.8 Å². The maximum atomic E-state index is 12.0. The summed E-state index contributed by atoms with van der Waals surface area (Å²) in [7, 11) is 0. The largest absolute Gasteiger partial charge is 0.382 e. The third-order valence-corrected chi connectivity index (χ3v) is 4.44. The van der Waals surface area contributed by atoms with Crippen LogP contribution in [0.25, 0.3) is 0 Å². The molecule has 2 rings (SSSR count). The van der Waals surface area contributed by atoms with Crippen LogP contribution in [-0.2, 0) is 11.3 Å². The number of hydrogen-bond acceptors (Lipinski definition) is 7. The van der Waals surface area contributed by atoms with E-state index in [0.29, 0.717) is 11.7 Å². The highest BCUT2D eigenvalue weighted by Gasteiger charge is 2.16. The maximum absolute atomic E-state index is 12.0. The van der Waals surface area contributed by atoms with Crippen LogP contribution in [0.3, 0.4) is 0 Å². The predicted octanol–water partition coefficient (Wildman–Crippen LogP) is 1.79. The number of amides is 1. The third-order valence-electron chi connectivity index (χ3n) is 2.58. The molecule has 0 aliphatic heterocycles. The highest BCUT2D eigenvalue weighted by atomic mass is 32.2. The number of nitriles is 1. The second kappa shape index (κ2) is 7.06. The molecule has 1 atom stereocenters. The lowest BCUT2D eigenvalue weighted by molar-refractivity contribution is -0.120. The second-order valence-electron chi connectivity index (χ2n) is 4.12. The van der Waals surface area contributed by atoms with E-state index in [1.165, 1.54) is 18.0 Å². The molecule has 2 aromatic heterocycles. The molecular formula is C13H13N5OS2. The number of carbonyl (C=O) groups excluding carboxylic acids is 1. The molecule has 0 saturated heterocycles. The number of nitrogens with zero attached hydrogens (tertiary/aromatic N) is 3. The summed E-state index contributed by atoms with van der Waals surface area (Å²) in [5.41, 5.74) is 5.85. The average molecular weight is 319 g/mol. The molecule has 0 aromatic carbocycles. The van der Waals surface area contributed by atoms with Crippen molar-refractivity contribution in [2.24, 2.45) is 0 Å². The summed E-state index contributed by atoms with van der Waals surface area (Å²) in [4.78, 5) is 21.1. The Bertz CT molecular complexity index is 666. The first-order valence-corrected chi connectivity index (χ1v) is 7.85. The van der Waals surface area contributed by atoms with Crippen molar-refractivity contribution in [3.63, 3.8) is 0 Å². The van der Waals surface area contributed by atoms with Gasteiger partial charge in [-0.15, -0.1) is 11.3 Å². The van der Waals surface area contributed by atoms with Crippen LogP contribution in [0.5, 0.6) is 0 Å². The van der Waals surface area contributed by atoms with Crippen LogP contribution in [0, 0.1) is 11.3 Å². The number of nitrogen functional groups attached to an aromatic ring is 1. The van der Waals surface area contributed by atoms with E-state index in [4.69, 9.17) is 11.0 Å². The summed E-state index contributed by atoms with van der Waals surface area (Å²) in [6, 6.07) is 5.80. The molecule has 0 unspecified atom stereocenters. The lowest BCUT2D eigenvalue weighted by Crippen LogP contribution is -2.30. The molecule has 0 fully saturated rings. The minimum absolute atomic E-state index is 0.0973. The number of carbonyl (C=O) groups is 1. The van der Waals surface area contributed by atoms with Gasteiger partial charge in [-0.25, -0.2) is 9.97 Å². The van der Waals surface area contributed by atoms with Crippen molar-refractivity contribution in [1.29, 1.82) is 5.26 Å². The molecule has 2 aromatic rings. The summed E-state index contributed by atoms with van der Waals surface area (Å²) in [6.07, 6.45) is 1.36. The van der Waals surface area contributed by atoms with E-state index < -0.39 is 0 Å². The van der Waals surface area contributed by atoms with E-state index in [-0.39, 0.29) is 22.5 Å². The van der Waals surface area contributed by atoms with Crippen LogP contribution in [0.4, 0.5) is 5.82 Å². The van der Waals surface area contributed by atoms with Crippen molar-refractivity contribution in [3.8, 4) is 6.07 Å². The molecule has 0 radical (unpaired) electrons. The van der Waals surface area contributed by atoms with E-state index in [1.807, 2.05) is 23.6 Å². The van der Waals surface area contributed by atoms with Gasteiger partial charge in [0.2, 0.25) is 5.91 Å². The van der Waals surface area contributed by atoms with Gasteiger partial charge in [-0.1, -0.05) is 17.8 Å². The Labute approximate surface area is 130 Å². The van der Waals surface area contributed by atoms with Crippen molar-refractivity contribution in [2.75, 3.05) is 5.73 Å². The van der Waals surface area contributed by atoms with Crippen molar-refractivity contribution < 1.29 is 4.79 Å². The molecule has 21 heavy (non-hydrogen) atoms. The van der Waals surface area contributed by atoms with Crippen LogP contribution in [0.15, 0.2) is 28.9 Å². The Kier molecular flexibility index (Phi) is 5.14. The van der Waals surface area contributed by atoms with Gasteiger partial charge in [0.15, 0.2) is 5.16 Å². The van der Waals surface area contributed by atoms with Crippen LogP contribution in [0.2, 0.25) is 0 Å². The van der Waals surface area contributed by atoms with Gasteiger partial charge >= 0.3 is 0 Å². The number of anilines is 1. The topological polar surface area (TPSA) is 105 Å². The Morgan fingerprint density at radius 2 is 2.48 bits per heavy atom. The number of rotatable bonds is 5. The average Bonchev–Trinajstić information content (AvgIpc) is 2.98. The van der Waals surface area contributed by atoms with E-state index in [1.54, 1.807) is 18.3 Å². The van der Waals surface area contributed by atoms with Gasteiger partial charge < -0.3 is 11.1 Å². The van der Waals surface area contributed by atoms with Crippen molar-refractivity contribution in [2.45, 2.75) is 23.9 Å². The summed E-state index contributed by atoms with van der Waals surface area (Å²) in [6.45, 7) is 2.28. The van der Waals surface area contributed by atoms with Gasteiger partial charge in [0.25, 0.3) is 0 Å². The number of nitrogens with one attached hydrogen (secondary N) is 1. The van der Waals surface area contributed by atoms with Gasteiger partial charge in [-0.2, -0.15) is 5.26 Å². The minimum atomic E-state index is -0.350. The minimum Gasteiger partial charge on any atom is -0.382 e. The molecule has 6 nitrogen and oxygen atoms in total. The molecule has 0 saturated carbocycles. The monoisotopic (exact) mass is 319 g/mol. The van der Waals surface area contributed by atoms with Crippen molar-refractivity contribution in [3.05, 3.63) is 34.2 Å². The van der Waals surface area contributed by atoms with Crippen LogP contribution in [0.1, 0.15) is 17.4 Å². The number of nitrogens with two attached hydrogens (primary N) is 1. The van der Waals surface area contributed by atoms with Gasteiger partial charge in [0.05, 0.1) is 18.0 Å². The Hall–Kier alpha value is -2.11. The zero-order valence-electron chi connectivity index (χ0n) is 11.2. The normalized spacial score (nSPS) is 11.6. The first-order chi connectivity index (χ1) is 10.1. The van der Waals surface area contributed by atoms with Gasteiger partial charge in [-0.05, 0) is 18.4 Å². The summed E-state index contributed by atoms with van der Waals surface area (Å²) in [5, 5.41) is 13.6. The zero-order chi connectivity index (χ0) is 15.2. The summed E-state index contributed by atoms with van der Waals surface area (Å²) in [5.74, 6) is 0.0288. The van der Waals surface area contributed by atoms with Crippen LogP contribution < -0.4 is 11.1 Å². The van der Waals surface area contributed by atoms with E-state index in [9.17, 15) is 4.79 Å². The highest BCUT2D eigenvalue weighted by molar-refractivity contribution is 8.00. The fourth-order valence-electron chi connectivity index (χ4n) is 1.46. The van der Waals surface area contributed by atoms with E-state index in [0.717, 1.165) is 4.88 Å². The number of aromatic nitrogens is 2. The number of thiophene rings is 1. The maximum Gasteiger partial charge on any atom is 0.233 e. The lowest BCUT2D eigenvalue weighted by atomic mass is 10.3. The predicted molar refractivity (Wildman–Crippen MR) is 82.6 cm³/mol. The molecule has 0 bridgehead atoms. The van der Waals surface area contributed by atoms with Gasteiger partial charge in [0, 0.05) is 4.88 Å². The summed E-state index contributed by atoms with van der Waals surface area (Å²) < 4.78 is 0. The Morgan fingerprint density at radius 1 is 1.67 bits per heavy atom. The Morgan fingerprint density at radius 3 is 3.10 bits per heavy atom. The smallest absolute Gasteiger partial charge is 0.233 e. The van der Waals surface area contributed by atoms with E-state index >= 15 is 0 Å². The molecule has 0 spiro atoms. The summed E-state index contributed by atoms with van der Waals surface area (Å²) >= 11 is 2.80. The molecule has 1 amide bonds.